The van der Waals surface area contributed by atoms with Gasteiger partial charge < -0.3 is 4.90 Å². The average Bonchev–Trinajstić information content (AvgIpc) is 3.16. The van der Waals surface area contributed by atoms with E-state index in [0.717, 1.165) is 19.4 Å². The van der Waals surface area contributed by atoms with E-state index in [4.69, 9.17) is 0 Å². The number of carbonyl (C=O) groups is 1. The van der Waals surface area contributed by atoms with Crippen LogP contribution < -0.4 is 5.32 Å². The maximum absolute atomic E-state index is 13.0. The van der Waals surface area contributed by atoms with Gasteiger partial charge in [-0.1, -0.05) is 45.4 Å². The third-order valence-corrected chi connectivity index (χ3v) is 5.74. The van der Waals surface area contributed by atoms with E-state index in [1.54, 1.807) is 0 Å². The third kappa shape index (κ3) is 2.49. The van der Waals surface area contributed by atoms with Crippen molar-refractivity contribution in [2.24, 2.45) is 5.92 Å². The maximum Gasteiger partial charge on any atom is 0.244 e. The quantitative estimate of drug-likeness (QED) is 0.781. The monoisotopic (exact) mass is 278 g/mol. The molecule has 0 aromatic carbocycles. The molecule has 1 unspecified atom stereocenters. The number of nitrogens with zero attached hydrogens (tertiary/aromatic N) is 1. The highest BCUT2D eigenvalue weighted by atomic mass is 16.2. The lowest BCUT2D eigenvalue weighted by atomic mass is 9.97. The first kappa shape index (κ1) is 14.4. The summed E-state index contributed by atoms with van der Waals surface area (Å²) < 4.78 is 0. The van der Waals surface area contributed by atoms with Gasteiger partial charge in [0.05, 0.1) is 11.7 Å². The summed E-state index contributed by atoms with van der Waals surface area (Å²) in [4.78, 5) is 15.2. The molecule has 2 aliphatic carbocycles. The zero-order valence-electron chi connectivity index (χ0n) is 13.0. The summed E-state index contributed by atoms with van der Waals surface area (Å²) in [5.74, 6) is 1.14. The summed E-state index contributed by atoms with van der Waals surface area (Å²) in [6.45, 7) is 3.21. The molecule has 0 radical (unpaired) electrons. The van der Waals surface area contributed by atoms with Crippen molar-refractivity contribution in [1.29, 1.82) is 0 Å². The van der Waals surface area contributed by atoms with Crippen LogP contribution in [0.25, 0.3) is 0 Å². The highest BCUT2D eigenvalue weighted by Crippen LogP contribution is 2.41. The van der Waals surface area contributed by atoms with Gasteiger partial charge in [-0.15, -0.1) is 0 Å². The lowest BCUT2D eigenvalue weighted by Crippen LogP contribution is -2.46. The molecule has 1 N–H and O–H groups in total. The van der Waals surface area contributed by atoms with E-state index >= 15 is 0 Å². The van der Waals surface area contributed by atoms with Gasteiger partial charge in [-0.05, 0) is 38.0 Å². The van der Waals surface area contributed by atoms with E-state index < -0.39 is 0 Å². The van der Waals surface area contributed by atoms with Crippen LogP contribution in [0.4, 0.5) is 0 Å². The van der Waals surface area contributed by atoms with E-state index in [1.165, 1.54) is 57.8 Å². The molecule has 2 saturated carbocycles. The Kier molecular flexibility index (Phi) is 4.34. The summed E-state index contributed by atoms with van der Waals surface area (Å²) >= 11 is 0. The standard InChI is InChI=1S/C17H30N2O/c1-2-3-8-13-19-15(14-9-4-5-10-14)18-17(16(19)20)11-6-7-12-17/h14-15,18H,2-13H2,1H3. The van der Waals surface area contributed by atoms with Crippen LogP contribution in [0.2, 0.25) is 0 Å². The Balaban J connectivity index is 1.73. The molecule has 1 aliphatic heterocycles. The summed E-state index contributed by atoms with van der Waals surface area (Å²) in [6.07, 6.45) is 13.9. The molecule has 3 nitrogen and oxygen atoms in total. The Morgan fingerprint density at radius 1 is 1.15 bits per heavy atom. The molecule has 114 valence electrons. The molecule has 3 heteroatoms. The van der Waals surface area contributed by atoms with Crippen LogP contribution in [0.3, 0.4) is 0 Å². The predicted octanol–water partition coefficient (Wildman–Crippen LogP) is 3.44. The fraction of sp³-hybridized carbons (Fsp3) is 0.941. The summed E-state index contributed by atoms with van der Waals surface area (Å²) in [5.41, 5.74) is -0.167. The molecule has 1 saturated heterocycles. The summed E-state index contributed by atoms with van der Waals surface area (Å²) in [7, 11) is 0. The molecule has 1 heterocycles. The smallest absolute Gasteiger partial charge is 0.244 e. The Morgan fingerprint density at radius 2 is 1.85 bits per heavy atom. The van der Waals surface area contributed by atoms with Gasteiger partial charge in [0.25, 0.3) is 0 Å². The number of unbranched alkanes of at least 4 members (excludes halogenated alkanes) is 2. The first-order valence-corrected chi connectivity index (χ1v) is 8.85. The molecule has 1 spiro atoms. The molecule has 3 rings (SSSR count). The molecule has 0 bridgehead atoms. The van der Waals surface area contributed by atoms with Gasteiger partial charge in [0.15, 0.2) is 0 Å². The van der Waals surface area contributed by atoms with Crippen LogP contribution in [-0.4, -0.2) is 29.1 Å². The molecule has 1 amide bonds. The molecule has 0 aromatic rings. The summed E-state index contributed by atoms with van der Waals surface area (Å²) in [5, 5.41) is 3.81. The fourth-order valence-corrected chi connectivity index (χ4v) is 4.58. The zero-order chi connectivity index (χ0) is 14.0. The van der Waals surface area contributed by atoms with Crippen LogP contribution in [0, 0.1) is 5.92 Å². The number of rotatable bonds is 5. The van der Waals surface area contributed by atoms with Crippen LogP contribution >= 0.6 is 0 Å². The second kappa shape index (κ2) is 6.05. The molecular formula is C17H30N2O. The van der Waals surface area contributed by atoms with Crippen molar-refractivity contribution in [3.05, 3.63) is 0 Å². The van der Waals surface area contributed by atoms with Crippen molar-refractivity contribution in [3.63, 3.8) is 0 Å². The Morgan fingerprint density at radius 3 is 2.50 bits per heavy atom. The fourth-order valence-electron chi connectivity index (χ4n) is 4.58. The van der Waals surface area contributed by atoms with Crippen molar-refractivity contribution in [2.45, 2.75) is 89.3 Å². The highest BCUT2D eigenvalue weighted by Gasteiger charge is 2.53. The lowest BCUT2D eigenvalue weighted by Gasteiger charge is -2.29. The number of amides is 1. The first-order chi connectivity index (χ1) is 9.77. The van der Waals surface area contributed by atoms with E-state index in [1.807, 2.05) is 0 Å². The van der Waals surface area contributed by atoms with Crippen molar-refractivity contribution in [3.8, 4) is 0 Å². The number of hydrogen-bond donors (Lipinski definition) is 1. The number of hydrogen-bond acceptors (Lipinski definition) is 2. The van der Waals surface area contributed by atoms with Gasteiger partial charge in [-0.3, -0.25) is 10.1 Å². The lowest BCUT2D eigenvalue weighted by molar-refractivity contribution is -0.133. The van der Waals surface area contributed by atoms with Crippen LogP contribution in [0.5, 0.6) is 0 Å². The Hall–Kier alpha value is -0.570. The Labute approximate surface area is 123 Å². The number of carbonyl (C=O) groups excluding carboxylic acids is 1. The predicted molar refractivity (Wildman–Crippen MR) is 81.3 cm³/mol. The average molecular weight is 278 g/mol. The minimum absolute atomic E-state index is 0.167. The second-order valence-electron chi connectivity index (χ2n) is 7.13. The van der Waals surface area contributed by atoms with E-state index in [2.05, 4.69) is 17.1 Å². The van der Waals surface area contributed by atoms with E-state index in [9.17, 15) is 4.79 Å². The SMILES string of the molecule is CCCCCN1C(=O)C2(CCCC2)NC1C1CCCC1. The molecular weight excluding hydrogens is 248 g/mol. The third-order valence-electron chi connectivity index (χ3n) is 5.74. The van der Waals surface area contributed by atoms with Gasteiger partial charge in [-0.2, -0.15) is 0 Å². The first-order valence-electron chi connectivity index (χ1n) is 8.85. The van der Waals surface area contributed by atoms with Crippen molar-refractivity contribution < 1.29 is 4.79 Å². The van der Waals surface area contributed by atoms with Crippen LogP contribution in [0.15, 0.2) is 0 Å². The van der Waals surface area contributed by atoms with Gasteiger partial charge >= 0.3 is 0 Å². The largest absolute Gasteiger partial charge is 0.325 e. The zero-order valence-corrected chi connectivity index (χ0v) is 13.0. The number of nitrogens with one attached hydrogen (secondary N) is 1. The van der Waals surface area contributed by atoms with E-state index in [0.29, 0.717) is 18.0 Å². The van der Waals surface area contributed by atoms with Crippen molar-refractivity contribution in [1.82, 2.24) is 10.2 Å². The molecule has 3 fully saturated rings. The van der Waals surface area contributed by atoms with Gasteiger partial charge in [-0.25, -0.2) is 0 Å². The van der Waals surface area contributed by atoms with E-state index in [-0.39, 0.29) is 5.54 Å². The Bertz CT molecular complexity index is 343. The van der Waals surface area contributed by atoms with Crippen LogP contribution in [-0.2, 0) is 4.79 Å². The normalized spacial score (nSPS) is 29.9. The van der Waals surface area contributed by atoms with Gasteiger partial charge in [0.1, 0.15) is 0 Å². The minimum Gasteiger partial charge on any atom is -0.325 e. The highest BCUT2D eigenvalue weighted by molar-refractivity contribution is 5.89. The van der Waals surface area contributed by atoms with Crippen molar-refractivity contribution in [2.75, 3.05) is 6.54 Å². The van der Waals surface area contributed by atoms with Crippen LogP contribution in [0.1, 0.15) is 77.6 Å². The van der Waals surface area contributed by atoms with Crippen molar-refractivity contribution >= 4 is 5.91 Å². The van der Waals surface area contributed by atoms with Gasteiger partial charge in [0.2, 0.25) is 5.91 Å². The molecule has 20 heavy (non-hydrogen) atoms. The minimum atomic E-state index is -0.167. The second-order valence-corrected chi connectivity index (χ2v) is 7.13. The summed E-state index contributed by atoms with van der Waals surface area (Å²) in [6, 6.07) is 0. The molecule has 1 atom stereocenters. The molecule has 0 aromatic heterocycles. The topological polar surface area (TPSA) is 32.3 Å². The maximum atomic E-state index is 13.0. The van der Waals surface area contributed by atoms with Gasteiger partial charge in [0, 0.05) is 6.54 Å². The molecule has 3 aliphatic rings.